The van der Waals surface area contributed by atoms with Crippen LogP contribution in [0, 0.1) is 0 Å². The number of para-hydroxylation sites is 1. The molecule has 0 aliphatic rings. The molecule has 0 saturated carbocycles. The number of ether oxygens (including phenoxy) is 1. The third-order valence-corrected chi connectivity index (χ3v) is 2.68. The van der Waals surface area contributed by atoms with Crippen molar-refractivity contribution in [2.45, 2.75) is 5.88 Å². The third kappa shape index (κ3) is 2.31. The van der Waals surface area contributed by atoms with Gasteiger partial charge in [-0.05, 0) is 6.07 Å². The van der Waals surface area contributed by atoms with E-state index < -0.39 is 0 Å². The molecule has 84 valence electrons. The van der Waals surface area contributed by atoms with Crippen LogP contribution in [0.1, 0.15) is 5.56 Å². The number of rotatable bonds is 3. The molecule has 0 saturated heterocycles. The third-order valence-electron chi connectivity index (χ3n) is 2.09. The predicted molar refractivity (Wildman–Crippen MR) is 64.3 cm³/mol. The maximum Gasteiger partial charge on any atom is 0.165 e. The average molecular weight is 257 g/mol. The molecule has 0 atom stereocenters. The smallest absolute Gasteiger partial charge is 0.165 e. The quantitative estimate of drug-likeness (QED) is 0.785. The van der Waals surface area contributed by atoms with Crippen LogP contribution in [0.15, 0.2) is 30.6 Å². The number of halogens is 2. The molecule has 16 heavy (non-hydrogen) atoms. The number of aryl methyl sites for hydroxylation is 1. The Morgan fingerprint density at radius 1 is 1.44 bits per heavy atom. The Morgan fingerprint density at radius 3 is 2.88 bits per heavy atom. The topological polar surface area (TPSA) is 27.1 Å². The first-order valence-corrected chi connectivity index (χ1v) is 5.62. The number of hydrogen-bond donors (Lipinski definition) is 0. The monoisotopic (exact) mass is 256 g/mol. The number of alkyl halides is 1. The van der Waals surface area contributed by atoms with E-state index in [0.717, 1.165) is 5.56 Å². The minimum Gasteiger partial charge on any atom is -0.452 e. The lowest BCUT2D eigenvalue weighted by Crippen LogP contribution is -1.90. The van der Waals surface area contributed by atoms with E-state index in [0.29, 0.717) is 22.4 Å². The molecule has 0 spiro atoms. The van der Waals surface area contributed by atoms with E-state index in [9.17, 15) is 0 Å². The van der Waals surface area contributed by atoms with Crippen LogP contribution < -0.4 is 4.74 Å². The van der Waals surface area contributed by atoms with Crippen molar-refractivity contribution in [2.75, 3.05) is 0 Å². The molecule has 0 aliphatic heterocycles. The molecular weight excluding hydrogens is 247 g/mol. The van der Waals surface area contributed by atoms with Crippen LogP contribution in [0.2, 0.25) is 5.02 Å². The number of benzene rings is 1. The second-order valence-corrected chi connectivity index (χ2v) is 3.99. The second kappa shape index (κ2) is 4.76. The highest BCUT2D eigenvalue weighted by Crippen LogP contribution is 2.33. The van der Waals surface area contributed by atoms with Crippen LogP contribution in [0.5, 0.6) is 11.5 Å². The summed E-state index contributed by atoms with van der Waals surface area (Å²) in [5.74, 6) is 1.59. The van der Waals surface area contributed by atoms with E-state index >= 15 is 0 Å². The van der Waals surface area contributed by atoms with Gasteiger partial charge in [-0.3, -0.25) is 4.68 Å². The van der Waals surface area contributed by atoms with Crippen LogP contribution in [-0.2, 0) is 12.9 Å². The van der Waals surface area contributed by atoms with Crippen molar-refractivity contribution in [3.8, 4) is 11.5 Å². The molecule has 2 rings (SSSR count). The number of nitrogens with zero attached hydrogens (tertiary/aromatic N) is 2. The molecular formula is C11H10Cl2N2O. The van der Waals surface area contributed by atoms with E-state index in [-0.39, 0.29) is 0 Å². The lowest BCUT2D eigenvalue weighted by Gasteiger charge is -2.09. The molecule has 0 fully saturated rings. The second-order valence-electron chi connectivity index (χ2n) is 3.31. The molecule has 3 nitrogen and oxygen atoms in total. The van der Waals surface area contributed by atoms with Crippen molar-refractivity contribution < 1.29 is 4.74 Å². The van der Waals surface area contributed by atoms with Gasteiger partial charge in [0.15, 0.2) is 11.5 Å². The van der Waals surface area contributed by atoms with Crippen molar-refractivity contribution in [3.05, 3.63) is 41.2 Å². The molecule has 1 aromatic heterocycles. The fourth-order valence-corrected chi connectivity index (χ4v) is 1.79. The SMILES string of the molecule is Cn1cc(Oc2c(Cl)cccc2CCl)cn1. The Kier molecular flexibility index (Phi) is 3.36. The van der Waals surface area contributed by atoms with Gasteiger partial charge < -0.3 is 4.74 Å². The van der Waals surface area contributed by atoms with Crippen LogP contribution in [-0.4, -0.2) is 9.78 Å². The summed E-state index contributed by atoms with van der Waals surface area (Å²) in [7, 11) is 1.82. The Balaban J connectivity index is 2.33. The van der Waals surface area contributed by atoms with Gasteiger partial charge in [0.25, 0.3) is 0 Å². The summed E-state index contributed by atoms with van der Waals surface area (Å²) >= 11 is 11.9. The summed E-state index contributed by atoms with van der Waals surface area (Å²) in [5.41, 5.74) is 0.859. The van der Waals surface area contributed by atoms with Gasteiger partial charge in [0.1, 0.15) is 0 Å². The molecule has 0 N–H and O–H groups in total. The molecule has 5 heteroatoms. The highest BCUT2D eigenvalue weighted by Gasteiger charge is 2.09. The molecule has 0 amide bonds. The van der Waals surface area contributed by atoms with Crippen molar-refractivity contribution in [1.29, 1.82) is 0 Å². The zero-order chi connectivity index (χ0) is 11.5. The highest BCUT2D eigenvalue weighted by molar-refractivity contribution is 6.32. The summed E-state index contributed by atoms with van der Waals surface area (Å²) in [5, 5.41) is 4.56. The van der Waals surface area contributed by atoms with Gasteiger partial charge in [-0.15, -0.1) is 11.6 Å². The first-order valence-electron chi connectivity index (χ1n) is 4.70. The van der Waals surface area contributed by atoms with Crippen LogP contribution in [0.4, 0.5) is 0 Å². The van der Waals surface area contributed by atoms with Gasteiger partial charge in [0, 0.05) is 12.6 Å². The fraction of sp³-hybridized carbons (Fsp3) is 0.182. The number of aromatic nitrogens is 2. The number of hydrogen-bond acceptors (Lipinski definition) is 2. The highest BCUT2D eigenvalue weighted by atomic mass is 35.5. The van der Waals surface area contributed by atoms with E-state index in [2.05, 4.69) is 5.10 Å². The van der Waals surface area contributed by atoms with Crippen LogP contribution >= 0.6 is 23.2 Å². The molecule has 0 bridgehead atoms. The standard InChI is InChI=1S/C11H10Cl2N2O/c1-15-7-9(6-14-15)16-11-8(5-12)3-2-4-10(11)13/h2-4,6-7H,5H2,1H3. The first-order chi connectivity index (χ1) is 7.70. The molecule has 2 aromatic rings. The first kappa shape index (κ1) is 11.3. The maximum atomic E-state index is 6.05. The summed E-state index contributed by atoms with van der Waals surface area (Å²) in [6.45, 7) is 0. The molecule has 1 heterocycles. The molecule has 0 aliphatic carbocycles. The van der Waals surface area contributed by atoms with Gasteiger partial charge in [-0.25, -0.2) is 0 Å². The summed E-state index contributed by atoms with van der Waals surface area (Å²) in [4.78, 5) is 0. The van der Waals surface area contributed by atoms with E-state index in [4.69, 9.17) is 27.9 Å². The Hall–Kier alpha value is -1.19. The largest absolute Gasteiger partial charge is 0.452 e. The van der Waals surface area contributed by atoms with Gasteiger partial charge in [-0.1, -0.05) is 23.7 Å². The van der Waals surface area contributed by atoms with Crippen molar-refractivity contribution in [2.24, 2.45) is 7.05 Å². The lowest BCUT2D eigenvalue weighted by molar-refractivity contribution is 0.478. The van der Waals surface area contributed by atoms with Crippen LogP contribution in [0.3, 0.4) is 0 Å². The van der Waals surface area contributed by atoms with Gasteiger partial charge in [-0.2, -0.15) is 5.10 Å². The summed E-state index contributed by atoms with van der Waals surface area (Å²) < 4.78 is 7.31. The summed E-state index contributed by atoms with van der Waals surface area (Å²) in [6.07, 6.45) is 3.39. The van der Waals surface area contributed by atoms with Gasteiger partial charge >= 0.3 is 0 Å². The minimum atomic E-state index is 0.357. The van der Waals surface area contributed by atoms with E-state index in [1.807, 2.05) is 19.2 Å². The van der Waals surface area contributed by atoms with Crippen molar-refractivity contribution in [3.63, 3.8) is 0 Å². The molecule has 0 unspecified atom stereocenters. The fourth-order valence-electron chi connectivity index (χ4n) is 1.34. The maximum absolute atomic E-state index is 6.05. The Morgan fingerprint density at radius 2 is 2.25 bits per heavy atom. The van der Waals surface area contributed by atoms with Gasteiger partial charge in [0.05, 0.1) is 23.3 Å². The Bertz CT molecular complexity index is 496. The predicted octanol–water partition coefficient (Wildman–Crippen LogP) is 3.60. The zero-order valence-electron chi connectivity index (χ0n) is 8.65. The van der Waals surface area contributed by atoms with Crippen LogP contribution in [0.25, 0.3) is 0 Å². The normalized spacial score (nSPS) is 10.4. The zero-order valence-corrected chi connectivity index (χ0v) is 10.2. The van der Waals surface area contributed by atoms with E-state index in [1.165, 1.54) is 0 Å². The average Bonchev–Trinajstić information content (AvgIpc) is 2.67. The van der Waals surface area contributed by atoms with E-state index in [1.54, 1.807) is 23.1 Å². The summed E-state index contributed by atoms with van der Waals surface area (Å²) in [6, 6.07) is 5.49. The lowest BCUT2D eigenvalue weighted by atomic mass is 10.2. The molecule has 1 aromatic carbocycles. The van der Waals surface area contributed by atoms with Crippen molar-refractivity contribution in [1.82, 2.24) is 9.78 Å². The molecule has 0 radical (unpaired) electrons. The van der Waals surface area contributed by atoms with Crippen molar-refractivity contribution >= 4 is 23.2 Å². The Labute approximate surface area is 104 Å². The van der Waals surface area contributed by atoms with Gasteiger partial charge in [0.2, 0.25) is 0 Å². The minimum absolute atomic E-state index is 0.357.